The van der Waals surface area contributed by atoms with E-state index in [0.717, 1.165) is 0 Å². The quantitative estimate of drug-likeness (QED) is 0.606. The molecule has 0 aromatic heterocycles. The molecule has 2 heterocycles. The summed E-state index contributed by atoms with van der Waals surface area (Å²) >= 11 is 0. The van der Waals surface area contributed by atoms with Gasteiger partial charge in [-0.25, -0.2) is 22.3 Å². The van der Waals surface area contributed by atoms with Crippen molar-refractivity contribution in [1.29, 1.82) is 0 Å². The minimum absolute atomic E-state index is 0.0283. The van der Waals surface area contributed by atoms with Crippen LogP contribution in [0.5, 0.6) is 11.5 Å². The molecule has 0 fully saturated rings. The maximum absolute atomic E-state index is 13.0. The highest BCUT2D eigenvalue weighted by molar-refractivity contribution is 7.90. The van der Waals surface area contributed by atoms with E-state index in [1.54, 1.807) is 6.92 Å². The molecule has 2 aliphatic heterocycles. The van der Waals surface area contributed by atoms with Crippen molar-refractivity contribution in [3.8, 4) is 11.5 Å². The van der Waals surface area contributed by atoms with Crippen LogP contribution >= 0.6 is 0 Å². The van der Waals surface area contributed by atoms with Crippen LogP contribution in [0.2, 0.25) is 0 Å². The Hall–Kier alpha value is -3.28. The number of amides is 3. The third-order valence-electron chi connectivity index (χ3n) is 4.39. The number of fused-ring (bicyclic) bond motifs is 1. The van der Waals surface area contributed by atoms with E-state index >= 15 is 0 Å². The summed E-state index contributed by atoms with van der Waals surface area (Å²) in [4.78, 5) is 36.4. The van der Waals surface area contributed by atoms with Crippen molar-refractivity contribution in [1.82, 2.24) is 14.9 Å². The number of rotatable bonds is 6. The normalized spacial score (nSPS) is 17.4. The summed E-state index contributed by atoms with van der Waals surface area (Å²) in [6, 6.07) is 1.84. The van der Waals surface area contributed by atoms with Gasteiger partial charge in [0, 0.05) is 6.07 Å². The zero-order chi connectivity index (χ0) is 21.3. The van der Waals surface area contributed by atoms with Crippen molar-refractivity contribution in [3.05, 3.63) is 29.0 Å². The Labute approximate surface area is 166 Å². The van der Waals surface area contributed by atoms with Gasteiger partial charge in [-0.3, -0.25) is 4.79 Å². The summed E-state index contributed by atoms with van der Waals surface area (Å²) < 4.78 is 41.7. The molecule has 3 rings (SSSR count). The molecule has 0 bridgehead atoms. The maximum Gasteiger partial charge on any atom is 0.337 e. The van der Waals surface area contributed by atoms with Gasteiger partial charge in [0.2, 0.25) is 0 Å². The first-order valence-corrected chi connectivity index (χ1v) is 9.95. The summed E-state index contributed by atoms with van der Waals surface area (Å²) in [5, 5.41) is 4.79. The molecule has 0 atom stereocenters. The van der Waals surface area contributed by atoms with Crippen molar-refractivity contribution in [3.63, 3.8) is 0 Å². The number of esters is 1. The van der Waals surface area contributed by atoms with E-state index in [-0.39, 0.29) is 46.4 Å². The third-order valence-corrected chi connectivity index (χ3v) is 6.16. The number of urea groups is 1. The van der Waals surface area contributed by atoms with E-state index in [4.69, 9.17) is 14.2 Å². The van der Waals surface area contributed by atoms with Gasteiger partial charge in [0.1, 0.15) is 4.90 Å². The summed E-state index contributed by atoms with van der Waals surface area (Å²) in [6.45, 7) is 1.01. The Morgan fingerprint density at radius 3 is 2.45 bits per heavy atom. The first-order chi connectivity index (χ1) is 13.7. The van der Waals surface area contributed by atoms with Gasteiger partial charge in [0.15, 0.2) is 11.5 Å². The van der Waals surface area contributed by atoms with Crippen molar-refractivity contribution in [2.24, 2.45) is 0 Å². The van der Waals surface area contributed by atoms with Crippen LogP contribution < -0.4 is 20.1 Å². The summed E-state index contributed by atoms with van der Waals surface area (Å²) in [5.74, 6) is -1.20. The molecular formula is C17H19N3O8S. The van der Waals surface area contributed by atoms with Crippen LogP contribution in [-0.4, -0.2) is 64.5 Å². The van der Waals surface area contributed by atoms with Gasteiger partial charge >= 0.3 is 12.0 Å². The van der Waals surface area contributed by atoms with E-state index < -0.39 is 34.5 Å². The van der Waals surface area contributed by atoms with Gasteiger partial charge in [0.25, 0.3) is 15.9 Å². The summed E-state index contributed by atoms with van der Waals surface area (Å²) in [7, 11) is -1.54. The van der Waals surface area contributed by atoms with E-state index in [0.29, 0.717) is 4.31 Å². The fourth-order valence-corrected chi connectivity index (χ4v) is 4.52. The molecule has 1 aromatic carbocycles. The van der Waals surface area contributed by atoms with Crippen LogP contribution in [0.15, 0.2) is 28.3 Å². The van der Waals surface area contributed by atoms with E-state index in [2.05, 4.69) is 10.6 Å². The van der Waals surface area contributed by atoms with Crippen molar-refractivity contribution >= 4 is 27.9 Å². The maximum atomic E-state index is 13.0. The average molecular weight is 425 g/mol. The minimum atomic E-state index is -4.24. The topological polar surface area (TPSA) is 140 Å². The van der Waals surface area contributed by atoms with Crippen molar-refractivity contribution < 1.29 is 37.0 Å². The lowest BCUT2D eigenvalue weighted by Crippen LogP contribution is -2.47. The molecule has 11 nitrogen and oxygen atoms in total. The van der Waals surface area contributed by atoms with E-state index in [1.165, 1.54) is 26.4 Å². The molecule has 3 amide bonds. The lowest BCUT2D eigenvalue weighted by molar-refractivity contribution is -0.138. The zero-order valence-corrected chi connectivity index (χ0v) is 16.7. The number of benzene rings is 1. The first-order valence-electron chi connectivity index (χ1n) is 8.51. The predicted molar refractivity (Wildman–Crippen MR) is 98.0 cm³/mol. The van der Waals surface area contributed by atoms with Gasteiger partial charge in [0.05, 0.1) is 50.7 Å². The second-order valence-corrected chi connectivity index (χ2v) is 7.84. The number of sulfonamides is 1. The highest BCUT2D eigenvalue weighted by Gasteiger charge is 2.43. The summed E-state index contributed by atoms with van der Waals surface area (Å²) in [6.07, 6.45) is 0. The smallest absolute Gasteiger partial charge is 0.337 e. The molecule has 0 radical (unpaired) electrons. The predicted octanol–water partition coefficient (Wildman–Crippen LogP) is -0.0217. The number of nitrogens with one attached hydrogen (secondary N) is 2. The Morgan fingerprint density at radius 1 is 1.17 bits per heavy atom. The average Bonchev–Trinajstić information content (AvgIpc) is 2.87. The SMILES string of the molecule is CCOC(=O)C1=C(CN2C(=O)c3cc(OC)c(OC)cc3S2(=O)=O)NC(=O)NC1. The molecule has 0 saturated heterocycles. The molecule has 2 aliphatic rings. The molecule has 2 N–H and O–H groups in total. The monoisotopic (exact) mass is 425 g/mol. The van der Waals surface area contributed by atoms with Gasteiger partial charge in [-0.15, -0.1) is 0 Å². The van der Waals surface area contributed by atoms with Gasteiger partial charge < -0.3 is 24.8 Å². The Balaban J connectivity index is 2.03. The largest absolute Gasteiger partial charge is 0.493 e. The fraction of sp³-hybridized carbons (Fsp3) is 0.353. The lowest BCUT2D eigenvalue weighted by Gasteiger charge is -2.24. The van der Waals surface area contributed by atoms with Crippen LogP contribution in [-0.2, 0) is 19.6 Å². The van der Waals surface area contributed by atoms with Crippen LogP contribution in [0.3, 0.4) is 0 Å². The number of nitrogens with zero attached hydrogens (tertiary/aromatic N) is 1. The standard InChI is InChI=1S/C17H19N3O8S/c1-4-28-16(22)10-7-18-17(23)19-11(10)8-20-15(21)9-5-12(26-2)13(27-3)6-14(9)29(20,24)25/h5-6H,4,7-8H2,1-3H3,(H2,18,19,23). The zero-order valence-electron chi connectivity index (χ0n) is 15.9. The lowest BCUT2D eigenvalue weighted by atomic mass is 10.1. The molecule has 12 heteroatoms. The number of carbonyl (C=O) groups is 3. The second-order valence-electron chi connectivity index (χ2n) is 6.01. The number of methoxy groups -OCH3 is 2. The number of carbonyl (C=O) groups excluding carboxylic acids is 3. The van der Waals surface area contributed by atoms with Gasteiger partial charge in [-0.2, -0.15) is 0 Å². The number of ether oxygens (including phenoxy) is 3. The van der Waals surface area contributed by atoms with Crippen LogP contribution in [0.4, 0.5) is 4.79 Å². The molecule has 1 aromatic rings. The number of hydrogen-bond donors (Lipinski definition) is 2. The summed E-state index contributed by atoms with van der Waals surface area (Å²) in [5.41, 5.74) is -0.0994. The Morgan fingerprint density at radius 2 is 1.83 bits per heavy atom. The molecule has 0 unspecified atom stereocenters. The molecule has 0 aliphatic carbocycles. The molecule has 0 spiro atoms. The van der Waals surface area contributed by atoms with Crippen LogP contribution in [0.1, 0.15) is 17.3 Å². The molecule has 0 saturated carbocycles. The molecule has 29 heavy (non-hydrogen) atoms. The second kappa shape index (κ2) is 7.62. The highest BCUT2D eigenvalue weighted by Crippen LogP contribution is 2.39. The Kier molecular flexibility index (Phi) is 5.38. The van der Waals surface area contributed by atoms with Crippen LogP contribution in [0.25, 0.3) is 0 Å². The molecule has 156 valence electrons. The van der Waals surface area contributed by atoms with Crippen LogP contribution in [0, 0.1) is 0 Å². The van der Waals surface area contributed by atoms with Crippen molar-refractivity contribution in [2.45, 2.75) is 11.8 Å². The number of hydrogen-bond acceptors (Lipinski definition) is 8. The third kappa shape index (κ3) is 3.46. The Bertz CT molecular complexity index is 1030. The van der Waals surface area contributed by atoms with Gasteiger partial charge in [-0.1, -0.05) is 0 Å². The van der Waals surface area contributed by atoms with Gasteiger partial charge in [-0.05, 0) is 13.0 Å². The fourth-order valence-electron chi connectivity index (χ4n) is 2.98. The minimum Gasteiger partial charge on any atom is -0.493 e. The molecular weight excluding hydrogens is 406 g/mol. The van der Waals surface area contributed by atoms with E-state index in [1.807, 2.05) is 0 Å². The highest BCUT2D eigenvalue weighted by atomic mass is 32.2. The van der Waals surface area contributed by atoms with Crippen molar-refractivity contribution in [2.75, 3.05) is 33.9 Å². The first kappa shape index (κ1) is 20.5. The van der Waals surface area contributed by atoms with E-state index in [9.17, 15) is 22.8 Å².